The van der Waals surface area contributed by atoms with Gasteiger partial charge < -0.3 is 19.7 Å². The van der Waals surface area contributed by atoms with Crippen molar-refractivity contribution in [1.29, 1.82) is 0 Å². The van der Waals surface area contributed by atoms with Crippen molar-refractivity contribution in [2.24, 2.45) is 0 Å². The van der Waals surface area contributed by atoms with Crippen LogP contribution in [0.2, 0.25) is 0 Å². The number of sulfone groups is 1. The molecule has 4 rings (SSSR count). The number of ether oxygens (including phenoxy) is 2. The first-order chi connectivity index (χ1) is 15.7. The van der Waals surface area contributed by atoms with Crippen LogP contribution in [-0.2, 0) is 26.0 Å². The van der Waals surface area contributed by atoms with Gasteiger partial charge in [-0.15, -0.1) is 11.3 Å². The summed E-state index contributed by atoms with van der Waals surface area (Å²) in [5.74, 6) is -0.231. The summed E-state index contributed by atoms with van der Waals surface area (Å²) in [7, 11) is -3.30. The number of carbonyl (C=O) groups excluding carboxylic acids is 3. The summed E-state index contributed by atoms with van der Waals surface area (Å²) in [6, 6.07) is 7.20. The summed E-state index contributed by atoms with van der Waals surface area (Å²) >= 11 is 1.48. The lowest BCUT2D eigenvalue weighted by Gasteiger charge is -2.26. The Bertz CT molecular complexity index is 1160. The number of imide groups is 1. The highest BCUT2D eigenvalue weighted by Gasteiger charge is 2.40. The molecule has 0 spiro atoms. The van der Waals surface area contributed by atoms with E-state index < -0.39 is 40.3 Å². The molecule has 2 aliphatic heterocycles. The van der Waals surface area contributed by atoms with Crippen LogP contribution in [0.5, 0.6) is 11.5 Å². The van der Waals surface area contributed by atoms with Gasteiger partial charge in [-0.2, -0.15) is 0 Å². The van der Waals surface area contributed by atoms with Crippen LogP contribution in [0.1, 0.15) is 11.3 Å². The van der Waals surface area contributed by atoms with Gasteiger partial charge in [0.1, 0.15) is 35.6 Å². The average Bonchev–Trinajstić information content (AvgIpc) is 3.38. The lowest BCUT2D eigenvalue weighted by atomic mass is 10.2. The van der Waals surface area contributed by atoms with E-state index in [1.165, 1.54) is 16.2 Å². The Morgan fingerprint density at radius 1 is 1.21 bits per heavy atom. The third kappa shape index (κ3) is 5.45. The van der Waals surface area contributed by atoms with Crippen molar-refractivity contribution in [2.45, 2.75) is 19.0 Å². The van der Waals surface area contributed by atoms with Crippen molar-refractivity contribution >= 4 is 44.7 Å². The number of fused-ring (bicyclic) bond motifs is 1. The molecule has 3 heterocycles. The van der Waals surface area contributed by atoms with Crippen LogP contribution in [0.3, 0.4) is 0 Å². The second kappa shape index (κ2) is 9.40. The molecule has 0 unspecified atom stereocenters. The molecule has 1 atom stereocenters. The number of hydrogen-bond acceptors (Lipinski definition) is 8. The Balaban J connectivity index is 1.53. The molecule has 1 saturated heterocycles. The van der Waals surface area contributed by atoms with E-state index in [-0.39, 0.29) is 18.7 Å². The Labute approximate surface area is 195 Å². The maximum Gasteiger partial charge on any atom is 0.325 e. The number of thiophene rings is 1. The molecule has 1 aromatic carbocycles. The highest BCUT2D eigenvalue weighted by Crippen LogP contribution is 2.35. The highest BCUT2D eigenvalue weighted by molar-refractivity contribution is 7.90. The number of amides is 4. The summed E-state index contributed by atoms with van der Waals surface area (Å²) in [6.45, 7) is 0.612. The fourth-order valence-corrected chi connectivity index (χ4v) is 4.91. The molecule has 33 heavy (non-hydrogen) atoms. The van der Waals surface area contributed by atoms with Gasteiger partial charge in [-0.1, -0.05) is 6.07 Å². The van der Waals surface area contributed by atoms with Crippen molar-refractivity contribution in [2.75, 3.05) is 36.7 Å². The normalized spacial score (nSPS) is 17.7. The van der Waals surface area contributed by atoms with Crippen molar-refractivity contribution in [3.63, 3.8) is 0 Å². The van der Waals surface area contributed by atoms with Gasteiger partial charge in [-0.05, 0) is 30.0 Å². The van der Waals surface area contributed by atoms with Gasteiger partial charge in [0.2, 0.25) is 5.91 Å². The van der Waals surface area contributed by atoms with Crippen molar-refractivity contribution in [3.8, 4) is 11.5 Å². The van der Waals surface area contributed by atoms with Crippen LogP contribution in [0.4, 0.5) is 10.5 Å². The molecular formula is C21H23N3O7S2. The predicted molar refractivity (Wildman–Crippen MR) is 121 cm³/mol. The minimum atomic E-state index is -3.30. The van der Waals surface area contributed by atoms with Crippen molar-refractivity contribution < 1.29 is 32.3 Å². The molecule has 2 aromatic rings. The number of benzene rings is 1. The minimum absolute atomic E-state index is 0.0465. The number of nitrogens with zero attached hydrogens (tertiary/aromatic N) is 2. The molecule has 0 saturated carbocycles. The maximum atomic E-state index is 13.3. The molecule has 12 heteroatoms. The van der Waals surface area contributed by atoms with Gasteiger partial charge in [-0.25, -0.2) is 13.2 Å². The second-order valence-corrected chi connectivity index (χ2v) is 11.0. The summed E-state index contributed by atoms with van der Waals surface area (Å²) in [5.41, 5.74) is 0.540. The van der Waals surface area contributed by atoms with Gasteiger partial charge >= 0.3 is 6.03 Å². The molecule has 0 aliphatic carbocycles. The quantitative estimate of drug-likeness (QED) is 0.552. The molecule has 10 nitrogen and oxygen atoms in total. The third-order valence-corrected chi connectivity index (χ3v) is 7.05. The molecule has 2 aliphatic rings. The zero-order valence-electron chi connectivity index (χ0n) is 17.9. The van der Waals surface area contributed by atoms with E-state index >= 15 is 0 Å². The lowest BCUT2D eigenvalue weighted by Crippen LogP contribution is -2.43. The average molecular weight is 494 g/mol. The van der Waals surface area contributed by atoms with E-state index in [1.807, 2.05) is 17.5 Å². The van der Waals surface area contributed by atoms with E-state index in [2.05, 4.69) is 5.32 Å². The number of hydrogen-bond donors (Lipinski definition) is 1. The standard InChI is InChI=1S/C21H23N3O7S2/c1-33(28,29)10-6-16-20(26)24(21(27)22-16)13-19(25)23(12-15-3-2-9-32-15)14-4-5-17-18(11-14)31-8-7-30-17/h2-5,9,11,16H,6-8,10,12-13H2,1H3,(H,22,27)/t16-/m1/s1. The van der Waals surface area contributed by atoms with Crippen LogP contribution in [0.15, 0.2) is 35.7 Å². The van der Waals surface area contributed by atoms with E-state index in [0.717, 1.165) is 16.0 Å². The molecular weight excluding hydrogens is 470 g/mol. The summed E-state index contributed by atoms with van der Waals surface area (Å²) in [6.07, 6.45) is 1.01. The van der Waals surface area contributed by atoms with Crippen molar-refractivity contribution in [3.05, 3.63) is 40.6 Å². The second-order valence-electron chi connectivity index (χ2n) is 7.73. The third-order valence-electron chi connectivity index (χ3n) is 5.21. The topological polar surface area (TPSA) is 122 Å². The number of rotatable bonds is 8. The van der Waals surface area contributed by atoms with Crippen LogP contribution < -0.4 is 19.7 Å². The Morgan fingerprint density at radius 3 is 2.67 bits per heavy atom. The predicted octanol–water partition coefficient (Wildman–Crippen LogP) is 1.41. The fraction of sp³-hybridized carbons (Fsp3) is 0.381. The van der Waals surface area contributed by atoms with Gasteiger partial charge in [0, 0.05) is 22.9 Å². The zero-order valence-corrected chi connectivity index (χ0v) is 19.5. The molecule has 1 aromatic heterocycles. The first-order valence-corrected chi connectivity index (χ1v) is 13.2. The fourth-order valence-electron chi connectivity index (χ4n) is 3.56. The van der Waals surface area contributed by atoms with E-state index in [9.17, 15) is 22.8 Å². The van der Waals surface area contributed by atoms with Crippen LogP contribution in [0.25, 0.3) is 0 Å². The molecule has 0 radical (unpaired) electrons. The van der Waals surface area contributed by atoms with Gasteiger partial charge in [0.25, 0.3) is 5.91 Å². The SMILES string of the molecule is CS(=O)(=O)CC[C@H]1NC(=O)N(CC(=O)N(Cc2cccs2)c2ccc3c(c2)OCCO3)C1=O. The van der Waals surface area contributed by atoms with Crippen molar-refractivity contribution in [1.82, 2.24) is 10.2 Å². The minimum Gasteiger partial charge on any atom is -0.486 e. The summed E-state index contributed by atoms with van der Waals surface area (Å²) < 4.78 is 34.0. The number of urea groups is 1. The Hall–Kier alpha value is -3.12. The Morgan fingerprint density at radius 2 is 1.97 bits per heavy atom. The van der Waals surface area contributed by atoms with Gasteiger partial charge in [0.05, 0.1) is 12.3 Å². The first kappa shape index (κ1) is 23.1. The van der Waals surface area contributed by atoms with E-state index in [4.69, 9.17) is 9.47 Å². The molecule has 4 amide bonds. The maximum absolute atomic E-state index is 13.3. The van der Waals surface area contributed by atoms with E-state index in [1.54, 1.807) is 18.2 Å². The molecule has 0 bridgehead atoms. The Kier molecular flexibility index (Phi) is 6.56. The molecule has 1 fully saturated rings. The lowest BCUT2D eigenvalue weighted by molar-refractivity contribution is -0.131. The smallest absolute Gasteiger partial charge is 0.325 e. The summed E-state index contributed by atoms with van der Waals surface area (Å²) in [4.78, 5) is 41.6. The zero-order chi connectivity index (χ0) is 23.6. The monoisotopic (exact) mass is 493 g/mol. The number of anilines is 1. The number of nitrogens with one attached hydrogen (secondary N) is 1. The van der Waals surface area contributed by atoms with Crippen LogP contribution >= 0.6 is 11.3 Å². The number of carbonyl (C=O) groups is 3. The molecule has 176 valence electrons. The highest BCUT2D eigenvalue weighted by atomic mass is 32.2. The van der Waals surface area contributed by atoms with Gasteiger partial charge in [-0.3, -0.25) is 14.5 Å². The van der Waals surface area contributed by atoms with E-state index in [0.29, 0.717) is 30.4 Å². The van der Waals surface area contributed by atoms with Crippen LogP contribution in [0, 0.1) is 0 Å². The summed E-state index contributed by atoms with van der Waals surface area (Å²) in [5, 5.41) is 4.36. The molecule has 1 N–H and O–H groups in total. The van der Waals surface area contributed by atoms with Gasteiger partial charge in [0.15, 0.2) is 11.5 Å². The largest absolute Gasteiger partial charge is 0.486 e. The van der Waals surface area contributed by atoms with Crippen LogP contribution in [-0.4, -0.2) is 69.0 Å². The first-order valence-electron chi connectivity index (χ1n) is 10.2.